The molecule has 0 radical (unpaired) electrons. The lowest BCUT2D eigenvalue weighted by Crippen LogP contribution is -2.02. The minimum absolute atomic E-state index is 0.0594. The molecule has 0 N–H and O–H groups in total. The maximum Gasteiger partial charge on any atom is 0.305 e. The van der Waals surface area contributed by atoms with E-state index in [-0.39, 0.29) is 11.3 Å². The van der Waals surface area contributed by atoms with E-state index >= 15 is 0 Å². The highest BCUT2D eigenvalue weighted by Gasteiger charge is 2.02. The van der Waals surface area contributed by atoms with Gasteiger partial charge < -0.3 is 4.74 Å². The van der Waals surface area contributed by atoms with Gasteiger partial charge in [-0.3, -0.25) is 4.79 Å². The van der Waals surface area contributed by atoms with Gasteiger partial charge in [0.15, 0.2) is 0 Å². The van der Waals surface area contributed by atoms with Gasteiger partial charge in [-0.15, -0.1) is 11.6 Å². The first-order valence-electron chi connectivity index (χ1n) is 2.87. The van der Waals surface area contributed by atoms with E-state index in [1.165, 1.54) is 7.11 Å². The van der Waals surface area contributed by atoms with Crippen LogP contribution in [0, 0.1) is 0 Å². The zero-order valence-electron chi connectivity index (χ0n) is 5.69. The summed E-state index contributed by atoms with van der Waals surface area (Å²) in [6.07, 6.45) is 1.11. The highest BCUT2D eigenvalue weighted by molar-refractivity contribution is 6.20. The Morgan fingerprint density at radius 2 is 2.33 bits per heavy atom. The monoisotopic (exact) mass is 150 g/mol. The Bertz CT molecular complexity index is 91.1. The molecule has 9 heavy (non-hydrogen) atoms. The summed E-state index contributed by atoms with van der Waals surface area (Å²) in [4.78, 5) is 10.4. The first-order chi connectivity index (χ1) is 4.16. The number of methoxy groups -OCH3 is 1. The van der Waals surface area contributed by atoms with Crippen molar-refractivity contribution in [3.05, 3.63) is 0 Å². The van der Waals surface area contributed by atoms with Crippen LogP contribution in [0.2, 0.25) is 0 Å². The van der Waals surface area contributed by atoms with Gasteiger partial charge in [0, 0.05) is 11.8 Å². The second-order valence-electron chi connectivity index (χ2n) is 1.90. The van der Waals surface area contributed by atoms with Gasteiger partial charge in [0.05, 0.1) is 7.11 Å². The number of rotatable bonds is 3. The first-order valence-corrected chi connectivity index (χ1v) is 3.31. The molecular weight excluding hydrogens is 140 g/mol. The van der Waals surface area contributed by atoms with E-state index in [2.05, 4.69) is 4.74 Å². The predicted octanol–water partition coefficient (Wildman–Crippen LogP) is 1.57. The predicted molar refractivity (Wildman–Crippen MR) is 36.6 cm³/mol. The molecule has 0 aromatic rings. The number of esters is 1. The number of halogens is 1. The first kappa shape index (κ1) is 8.76. The van der Waals surface area contributed by atoms with Gasteiger partial charge in [0.25, 0.3) is 0 Å². The van der Waals surface area contributed by atoms with E-state index in [4.69, 9.17) is 11.6 Å². The molecule has 0 aromatic carbocycles. The summed E-state index contributed by atoms with van der Waals surface area (Å²) in [5.41, 5.74) is 0. The molecule has 3 heteroatoms. The smallest absolute Gasteiger partial charge is 0.305 e. The lowest BCUT2D eigenvalue weighted by atomic mass is 10.2. The Kier molecular flexibility index (Phi) is 4.50. The van der Waals surface area contributed by atoms with Crippen LogP contribution in [0.25, 0.3) is 0 Å². The van der Waals surface area contributed by atoms with Gasteiger partial charge in [-0.05, 0) is 13.3 Å². The summed E-state index contributed by atoms with van der Waals surface area (Å²) in [7, 11) is 1.38. The summed E-state index contributed by atoms with van der Waals surface area (Å²) in [6, 6.07) is 0. The van der Waals surface area contributed by atoms with Gasteiger partial charge in [-0.1, -0.05) is 0 Å². The molecule has 0 bridgehead atoms. The van der Waals surface area contributed by atoms with E-state index < -0.39 is 0 Å². The van der Waals surface area contributed by atoms with Crippen LogP contribution in [-0.4, -0.2) is 18.5 Å². The van der Waals surface area contributed by atoms with Gasteiger partial charge in [0.1, 0.15) is 0 Å². The van der Waals surface area contributed by atoms with Crippen LogP contribution in [0.4, 0.5) is 0 Å². The molecule has 0 saturated heterocycles. The highest BCUT2D eigenvalue weighted by atomic mass is 35.5. The number of carbonyl (C=O) groups excluding carboxylic acids is 1. The lowest BCUT2D eigenvalue weighted by molar-refractivity contribution is -0.140. The van der Waals surface area contributed by atoms with Crippen molar-refractivity contribution in [1.82, 2.24) is 0 Å². The molecule has 0 aliphatic rings. The molecule has 0 saturated carbocycles. The van der Waals surface area contributed by atoms with Crippen molar-refractivity contribution in [2.75, 3.05) is 7.11 Å². The van der Waals surface area contributed by atoms with Gasteiger partial charge in [0.2, 0.25) is 0 Å². The molecule has 0 rings (SSSR count). The third kappa shape index (κ3) is 5.63. The fourth-order valence-electron chi connectivity index (χ4n) is 0.419. The Morgan fingerprint density at radius 3 is 2.67 bits per heavy atom. The summed E-state index contributed by atoms with van der Waals surface area (Å²) < 4.78 is 4.40. The number of alkyl halides is 1. The molecule has 0 heterocycles. The Hall–Kier alpha value is -0.240. The van der Waals surface area contributed by atoms with Gasteiger partial charge in [-0.2, -0.15) is 0 Å². The van der Waals surface area contributed by atoms with Gasteiger partial charge in [-0.25, -0.2) is 0 Å². The molecule has 0 aliphatic heterocycles. The van der Waals surface area contributed by atoms with Crippen molar-refractivity contribution < 1.29 is 9.53 Å². The normalized spacial score (nSPS) is 12.8. The molecule has 2 nitrogen and oxygen atoms in total. The number of hydrogen-bond donors (Lipinski definition) is 0. The second kappa shape index (κ2) is 4.62. The lowest BCUT2D eigenvalue weighted by Gasteiger charge is -1.99. The van der Waals surface area contributed by atoms with E-state index in [0.717, 1.165) is 0 Å². The molecule has 0 fully saturated rings. The van der Waals surface area contributed by atoms with E-state index in [1.54, 1.807) is 0 Å². The third-order valence-electron chi connectivity index (χ3n) is 0.974. The summed E-state index contributed by atoms with van der Waals surface area (Å²) in [5.74, 6) is -0.192. The number of carbonyl (C=O) groups is 1. The molecule has 0 spiro atoms. The van der Waals surface area contributed by atoms with Crippen LogP contribution in [-0.2, 0) is 9.53 Å². The third-order valence-corrected chi connectivity index (χ3v) is 1.19. The molecule has 0 amide bonds. The van der Waals surface area contributed by atoms with E-state index in [0.29, 0.717) is 12.8 Å². The van der Waals surface area contributed by atoms with Crippen LogP contribution >= 0.6 is 11.6 Å². The van der Waals surface area contributed by atoms with E-state index in [9.17, 15) is 4.79 Å². The highest BCUT2D eigenvalue weighted by Crippen LogP contribution is 2.03. The van der Waals surface area contributed by atoms with Crippen molar-refractivity contribution >= 4 is 17.6 Å². The second-order valence-corrected chi connectivity index (χ2v) is 2.64. The quantitative estimate of drug-likeness (QED) is 0.451. The summed E-state index contributed by atoms with van der Waals surface area (Å²) >= 11 is 5.57. The van der Waals surface area contributed by atoms with Crippen LogP contribution < -0.4 is 0 Å². The molecular formula is C6H11ClO2. The summed E-state index contributed by atoms with van der Waals surface area (Å²) in [6.45, 7) is 1.85. The zero-order valence-corrected chi connectivity index (χ0v) is 6.44. The Labute approximate surface area is 60.1 Å². The molecule has 0 aromatic heterocycles. The molecule has 0 aliphatic carbocycles. The van der Waals surface area contributed by atoms with Crippen LogP contribution in [0.5, 0.6) is 0 Å². The maximum atomic E-state index is 10.4. The standard InChI is InChI=1S/C6H11ClO2/c1-5(7)3-4-6(8)9-2/h5H,3-4H2,1-2H3/t5-/m0/s1. The largest absolute Gasteiger partial charge is 0.469 e. The molecule has 0 unspecified atom stereocenters. The van der Waals surface area contributed by atoms with Crippen molar-refractivity contribution in [3.8, 4) is 0 Å². The number of ether oxygens (including phenoxy) is 1. The topological polar surface area (TPSA) is 26.3 Å². The fraction of sp³-hybridized carbons (Fsp3) is 0.833. The molecule has 1 atom stereocenters. The average molecular weight is 151 g/mol. The molecule has 54 valence electrons. The van der Waals surface area contributed by atoms with Crippen molar-refractivity contribution in [3.63, 3.8) is 0 Å². The maximum absolute atomic E-state index is 10.4. The summed E-state index contributed by atoms with van der Waals surface area (Å²) in [5, 5.41) is 0.0594. The Morgan fingerprint density at radius 1 is 1.78 bits per heavy atom. The average Bonchev–Trinajstić information content (AvgIpc) is 1.83. The number of hydrogen-bond acceptors (Lipinski definition) is 2. The van der Waals surface area contributed by atoms with Crippen molar-refractivity contribution in [2.24, 2.45) is 0 Å². The Balaban J connectivity index is 3.17. The fourth-order valence-corrected chi connectivity index (χ4v) is 0.528. The minimum Gasteiger partial charge on any atom is -0.469 e. The van der Waals surface area contributed by atoms with Crippen LogP contribution in [0.3, 0.4) is 0 Å². The van der Waals surface area contributed by atoms with Gasteiger partial charge >= 0.3 is 5.97 Å². The zero-order chi connectivity index (χ0) is 7.28. The van der Waals surface area contributed by atoms with Crippen molar-refractivity contribution in [2.45, 2.75) is 25.1 Å². The van der Waals surface area contributed by atoms with Crippen LogP contribution in [0.15, 0.2) is 0 Å². The van der Waals surface area contributed by atoms with Crippen molar-refractivity contribution in [1.29, 1.82) is 0 Å². The SMILES string of the molecule is COC(=O)CC[C@H](C)Cl. The van der Waals surface area contributed by atoms with Crippen LogP contribution in [0.1, 0.15) is 19.8 Å². The minimum atomic E-state index is -0.192. The van der Waals surface area contributed by atoms with E-state index in [1.807, 2.05) is 6.92 Å².